The summed E-state index contributed by atoms with van der Waals surface area (Å²) in [7, 11) is 0. The molecule has 0 saturated carbocycles. The van der Waals surface area contributed by atoms with Crippen LogP contribution >= 0.6 is 0 Å². The van der Waals surface area contributed by atoms with Crippen molar-refractivity contribution in [3.63, 3.8) is 0 Å². The number of ether oxygens (including phenoxy) is 1. The van der Waals surface area contributed by atoms with E-state index in [4.69, 9.17) is 4.74 Å². The Morgan fingerprint density at radius 1 is 1.00 bits per heavy atom. The zero-order valence-corrected chi connectivity index (χ0v) is 15.0. The Morgan fingerprint density at radius 3 is 2.64 bits per heavy atom. The molecule has 0 aliphatic carbocycles. The number of hydrogen-bond acceptors (Lipinski definition) is 3. The van der Waals surface area contributed by atoms with Gasteiger partial charge in [-0.2, -0.15) is 5.10 Å². The van der Waals surface area contributed by atoms with Gasteiger partial charge in [-0.05, 0) is 42.0 Å². The van der Waals surface area contributed by atoms with Gasteiger partial charge in [-0.25, -0.2) is 8.91 Å². The SMILES string of the molecule is O=C(NCc1ccc(OCc2ccccc2F)cc1)c1cccc2ccnn12. The first-order chi connectivity index (χ1) is 13.7. The van der Waals surface area contributed by atoms with Gasteiger partial charge in [0.1, 0.15) is 23.9 Å². The van der Waals surface area contributed by atoms with Crippen LogP contribution in [0.25, 0.3) is 5.52 Å². The van der Waals surface area contributed by atoms with Gasteiger partial charge >= 0.3 is 0 Å². The Labute approximate surface area is 161 Å². The van der Waals surface area contributed by atoms with Crippen molar-refractivity contribution in [1.82, 2.24) is 14.9 Å². The number of rotatable bonds is 6. The van der Waals surface area contributed by atoms with E-state index in [9.17, 15) is 9.18 Å². The first kappa shape index (κ1) is 17.7. The summed E-state index contributed by atoms with van der Waals surface area (Å²) in [6.07, 6.45) is 1.66. The largest absolute Gasteiger partial charge is 0.489 e. The molecule has 2 heterocycles. The molecule has 0 saturated heterocycles. The highest BCUT2D eigenvalue weighted by molar-refractivity contribution is 5.93. The molecule has 2 aromatic heterocycles. The number of nitrogens with zero attached hydrogens (tertiary/aromatic N) is 2. The van der Waals surface area contributed by atoms with Gasteiger partial charge in [-0.15, -0.1) is 0 Å². The maximum Gasteiger partial charge on any atom is 0.270 e. The second-order valence-electron chi connectivity index (χ2n) is 6.29. The Hall–Kier alpha value is -3.67. The summed E-state index contributed by atoms with van der Waals surface area (Å²) < 4.78 is 20.9. The fourth-order valence-corrected chi connectivity index (χ4v) is 2.87. The molecule has 4 aromatic rings. The summed E-state index contributed by atoms with van der Waals surface area (Å²) in [5, 5.41) is 7.06. The number of aromatic nitrogens is 2. The van der Waals surface area contributed by atoms with Crippen LogP contribution in [0.3, 0.4) is 0 Å². The molecule has 0 radical (unpaired) electrons. The number of amides is 1. The molecule has 0 fully saturated rings. The Balaban J connectivity index is 1.35. The van der Waals surface area contributed by atoms with E-state index >= 15 is 0 Å². The summed E-state index contributed by atoms with van der Waals surface area (Å²) >= 11 is 0. The molecular formula is C22H18FN3O2. The van der Waals surface area contributed by atoms with E-state index in [0.29, 0.717) is 23.6 Å². The number of nitrogens with one attached hydrogen (secondary N) is 1. The zero-order valence-electron chi connectivity index (χ0n) is 15.0. The van der Waals surface area contributed by atoms with Gasteiger partial charge in [0.15, 0.2) is 0 Å². The van der Waals surface area contributed by atoms with Crippen LogP contribution in [0.15, 0.2) is 79.0 Å². The number of carbonyl (C=O) groups excluding carboxylic acids is 1. The van der Waals surface area contributed by atoms with Crippen LogP contribution in [0.2, 0.25) is 0 Å². The molecule has 1 amide bonds. The first-order valence-electron chi connectivity index (χ1n) is 8.87. The van der Waals surface area contributed by atoms with E-state index in [1.165, 1.54) is 6.07 Å². The normalized spacial score (nSPS) is 10.8. The molecule has 28 heavy (non-hydrogen) atoms. The van der Waals surface area contributed by atoms with Gasteiger partial charge < -0.3 is 10.1 Å². The van der Waals surface area contributed by atoms with Crippen molar-refractivity contribution < 1.29 is 13.9 Å². The second kappa shape index (κ2) is 7.92. The third-order valence-corrected chi connectivity index (χ3v) is 4.38. The van der Waals surface area contributed by atoms with E-state index in [1.807, 2.05) is 30.3 Å². The Bertz CT molecular complexity index is 1110. The molecule has 0 spiro atoms. The maximum absolute atomic E-state index is 13.6. The quantitative estimate of drug-likeness (QED) is 0.555. The highest BCUT2D eigenvalue weighted by Gasteiger charge is 2.10. The predicted molar refractivity (Wildman–Crippen MR) is 104 cm³/mol. The summed E-state index contributed by atoms with van der Waals surface area (Å²) in [4.78, 5) is 12.5. The molecule has 0 unspecified atom stereocenters. The van der Waals surface area contributed by atoms with E-state index in [-0.39, 0.29) is 18.3 Å². The molecule has 4 rings (SSSR count). The summed E-state index contributed by atoms with van der Waals surface area (Å²) in [6, 6.07) is 21.2. The van der Waals surface area contributed by atoms with E-state index in [0.717, 1.165) is 11.1 Å². The van der Waals surface area contributed by atoms with Crippen LogP contribution in [0.5, 0.6) is 5.75 Å². The molecular weight excluding hydrogens is 357 g/mol. The molecule has 140 valence electrons. The molecule has 5 nitrogen and oxygen atoms in total. The van der Waals surface area contributed by atoms with Crippen LogP contribution in [0, 0.1) is 5.82 Å². The van der Waals surface area contributed by atoms with Crippen molar-refractivity contribution >= 4 is 11.4 Å². The van der Waals surface area contributed by atoms with E-state index in [2.05, 4.69) is 10.4 Å². The Kier molecular flexibility index (Phi) is 5.01. The van der Waals surface area contributed by atoms with Crippen molar-refractivity contribution in [2.24, 2.45) is 0 Å². The molecule has 0 aliphatic rings. The minimum absolute atomic E-state index is 0.163. The Morgan fingerprint density at radius 2 is 1.82 bits per heavy atom. The molecule has 0 aliphatic heterocycles. The van der Waals surface area contributed by atoms with Crippen LogP contribution in [-0.2, 0) is 13.2 Å². The molecule has 0 atom stereocenters. The minimum Gasteiger partial charge on any atom is -0.489 e. The third kappa shape index (κ3) is 3.86. The first-order valence-corrected chi connectivity index (χ1v) is 8.87. The van der Waals surface area contributed by atoms with Crippen molar-refractivity contribution in [1.29, 1.82) is 0 Å². The number of pyridine rings is 1. The van der Waals surface area contributed by atoms with Gasteiger partial charge in [0.05, 0.1) is 11.7 Å². The van der Waals surface area contributed by atoms with Crippen LogP contribution < -0.4 is 10.1 Å². The molecule has 1 N–H and O–H groups in total. The fraction of sp³-hybridized carbons (Fsp3) is 0.0909. The number of carbonyl (C=O) groups is 1. The summed E-state index contributed by atoms with van der Waals surface area (Å²) in [5.41, 5.74) is 2.78. The monoisotopic (exact) mass is 375 g/mol. The van der Waals surface area contributed by atoms with Gasteiger partial charge in [0, 0.05) is 12.1 Å². The average molecular weight is 375 g/mol. The lowest BCUT2D eigenvalue weighted by Gasteiger charge is -2.09. The smallest absolute Gasteiger partial charge is 0.270 e. The lowest BCUT2D eigenvalue weighted by Crippen LogP contribution is -2.25. The number of hydrogen-bond donors (Lipinski definition) is 1. The number of fused-ring (bicyclic) bond motifs is 1. The van der Waals surface area contributed by atoms with Crippen LogP contribution in [0.1, 0.15) is 21.6 Å². The summed E-state index contributed by atoms with van der Waals surface area (Å²) in [6.45, 7) is 0.542. The predicted octanol–water partition coefficient (Wildman–Crippen LogP) is 3.98. The lowest BCUT2D eigenvalue weighted by molar-refractivity contribution is 0.0943. The third-order valence-electron chi connectivity index (χ3n) is 4.38. The average Bonchev–Trinajstić information content (AvgIpc) is 3.21. The van der Waals surface area contributed by atoms with Crippen molar-refractivity contribution in [3.8, 4) is 5.75 Å². The van der Waals surface area contributed by atoms with Crippen LogP contribution in [0.4, 0.5) is 4.39 Å². The zero-order chi connectivity index (χ0) is 19.3. The topological polar surface area (TPSA) is 55.6 Å². The molecule has 2 aromatic carbocycles. The highest BCUT2D eigenvalue weighted by Crippen LogP contribution is 2.16. The van der Waals surface area contributed by atoms with Crippen molar-refractivity contribution in [2.75, 3.05) is 0 Å². The molecule has 6 heteroatoms. The van der Waals surface area contributed by atoms with Gasteiger partial charge in [-0.1, -0.05) is 36.4 Å². The van der Waals surface area contributed by atoms with Gasteiger partial charge in [0.2, 0.25) is 0 Å². The molecule has 0 bridgehead atoms. The van der Waals surface area contributed by atoms with Crippen LogP contribution in [-0.4, -0.2) is 15.5 Å². The van der Waals surface area contributed by atoms with E-state index < -0.39 is 0 Å². The minimum atomic E-state index is -0.283. The van der Waals surface area contributed by atoms with Crippen molar-refractivity contribution in [3.05, 3.63) is 102 Å². The highest BCUT2D eigenvalue weighted by atomic mass is 19.1. The lowest BCUT2D eigenvalue weighted by atomic mass is 10.2. The number of halogens is 1. The maximum atomic E-state index is 13.6. The van der Waals surface area contributed by atoms with E-state index in [1.54, 1.807) is 47.1 Å². The van der Waals surface area contributed by atoms with Crippen molar-refractivity contribution in [2.45, 2.75) is 13.2 Å². The summed E-state index contributed by atoms with van der Waals surface area (Å²) in [5.74, 6) is 0.155. The second-order valence-corrected chi connectivity index (χ2v) is 6.29. The number of benzene rings is 2. The van der Waals surface area contributed by atoms with Gasteiger partial charge in [0.25, 0.3) is 5.91 Å². The van der Waals surface area contributed by atoms with Gasteiger partial charge in [-0.3, -0.25) is 4.79 Å². The standard InChI is InChI=1S/C22H18FN3O2/c23-20-6-2-1-4-17(20)15-28-19-10-8-16(9-11-19)14-24-22(27)21-7-3-5-18-12-13-25-26(18)21/h1-13H,14-15H2,(H,24,27). The fourth-order valence-electron chi connectivity index (χ4n) is 2.87.